The molecule has 192 valence electrons. The predicted octanol–water partition coefficient (Wildman–Crippen LogP) is 3.48. The van der Waals surface area contributed by atoms with E-state index in [2.05, 4.69) is 28.3 Å². The van der Waals surface area contributed by atoms with E-state index in [1.807, 2.05) is 31.3 Å². The number of ether oxygens (including phenoxy) is 1. The Labute approximate surface area is 222 Å². The number of rotatable bonds is 6. The largest absolute Gasteiger partial charge is 0.492 e. The molecule has 1 aliphatic heterocycles. The van der Waals surface area contributed by atoms with E-state index in [9.17, 15) is 10.1 Å². The summed E-state index contributed by atoms with van der Waals surface area (Å²) in [6, 6.07) is 8.16. The third-order valence-corrected chi connectivity index (χ3v) is 6.92. The van der Waals surface area contributed by atoms with E-state index in [0.717, 1.165) is 61.2 Å². The SMILES string of the molecule is CCOc1cc(-c2ccc(N3CCC(C)(NC(=O)C4(N)CC4)CC3)nc2)c2c(C#N)cnn2c1.Cl.Cl. The minimum absolute atomic E-state index is 0. The van der Waals surface area contributed by atoms with Crippen molar-refractivity contribution in [1.29, 1.82) is 5.26 Å². The molecule has 0 atom stereocenters. The van der Waals surface area contributed by atoms with Crippen molar-refractivity contribution in [2.75, 3.05) is 24.6 Å². The number of fused-ring (bicyclic) bond motifs is 1. The number of nitriles is 1. The van der Waals surface area contributed by atoms with Gasteiger partial charge in [0.05, 0.1) is 35.6 Å². The van der Waals surface area contributed by atoms with Gasteiger partial charge in [0.15, 0.2) is 0 Å². The number of amides is 1. The first kappa shape index (κ1) is 27.5. The summed E-state index contributed by atoms with van der Waals surface area (Å²) >= 11 is 0. The number of hydrogen-bond donors (Lipinski definition) is 2. The first-order valence-electron chi connectivity index (χ1n) is 11.7. The average molecular weight is 532 g/mol. The number of pyridine rings is 2. The first-order chi connectivity index (χ1) is 16.3. The molecule has 2 fully saturated rings. The van der Waals surface area contributed by atoms with Crippen LogP contribution in [-0.4, -0.2) is 51.3 Å². The highest BCUT2D eigenvalue weighted by Crippen LogP contribution is 2.35. The highest BCUT2D eigenvalue weighted by atomic mass is 35.5. The standard InChI is InChI=1S/C25H29N7O2.2ClH/c1-3-34-19-12-20(22-18(13-26)15-29-32(22)16-19)17-4-5-21(28-14-17)31-10-8-24(2,9-11-31)30-23(33)25(27)6-7-25;;/h4-5,12,14-16H,3,6-11,27H2,1-2H3,(H,30,33);2*1H. The van der Waals surface area contributed by atoms with Gasteiger partial charge in [0.2, 0.25) is 5.91 Å². The number of carbonyl (C=O) groups is 1. The normalized spacial score (nSPS) is 17.3. The lowest BCUT2D eigenvalue weighted by atomic mass is 9.89. The summed E-state index contributed by atoms with van der Waals surface area (Å²) in [5.74, 6) is 1.55. The molecule has 0 radical (unpaired) electrons. The van der Waals surface area contributed by atoms with E-state index in [-0.39, 0.29) is 36.3 Å². The summed E-state index contributed by atoms with van der Waals surface area (Å²) in [5, 5.41) is 17.0. The minimum Gasteiger partial charge on any atom is -0.492 e. The number of nitrogens with one attached hydrogen (secondary N) is 1. The molecule has 1 aliphatic carbocycles. The fraction of sp³-hybridized carbons (Fsp3) is 0.440. The van der Waals surface area contributed by atoms with Crippen molar-refractivity contribution in [2.24, 2.45) is 5.73 Å². The minimum atomic E-state index is -0.649. The molecule has 1 saturated carbocycles. The molecule has 3 aromatic heterocycles. The Morgan fingerprint density at radius 2 is 1.94 bits per heavy atom. The van der Waals surface area contributed by atoms with Gasteiger partial charge in [-0.05, 0) is 57.7 Å². The second-order valence-corrected chi connectivity index (χ2v) is 9.55. The topological polar surface area (TPSA) is 122 Å². The molecule has 2 aliphatic rings. The average Bonchev–Trinajstić information content (AvgIpc) is 3.46. The van der Waals surface area contributed by atoms with Crippen molar-refractivity contribution in [1.82, 2.24) is 19.9 Å². The maximum absolute atomic E-state index is 12.4. The smallest absolute Gasteiger partial charge is 0.240 e. The first-order valence-corrected chi connectivity index (χ1v) is 11.7. The lowest BCUT2D eigenvalue weighted by Gasteiger charge is -2.41. The molecule has 0 aromatic carbocycles. The Hall–Kier alpha value is -3.06. The van der Waals surface area contributed by atoms with Crippen LogP contribution in [0.15, 0.2) is 36.8 Å². The van der Waals surface area contributed by atoms with E-state index in [4.69, 9.17) is 15.5 Å². The summed E-state index contributed by atoms with van der Waals surface area (Å²) in [5.41, 5.74) is 8.14. The van der Waals surface area contributed by atoms with Crippen LogP contribution in [0, 0.1) is 11.3 Å². The van der Waals surface area contributed by atoms with E-state index >= 15 is 0 Å². The molecule has 0 bridgehead atoms. The highest BCUT2D eigenvalue weighted by molar-refractivity contribution is 5.89. The van der Waals surface area contributed by atoms with Crippen LogP contribution in [0.3, 0.4) is 0 Å². The fourth-order valence-corrected chi connectivity index (χ4v) is 4.49. The van der Waals surface area contributed by atoms with Gasteiger partial charge in [-0.25, -0.2) is 9.50 Å². The number of nitrogens with zero attached hydrogens (tertiary/aromatic N) is 5. The van der Waals surface area contributed by atoms with Crippen molar-refractivity contribution in [3.05, 3.63) is 42.4 Å². The van der Waals surface area contributed by atoms with Gasteiger partial charge in [-0.3, -0.25) is 4.79 Å². The molecule has 36 heavy (non-hydrogen) atoms. The van der Waals surface area contributed by atoms with E-state index in [1.54, 1.807) is 16.9 Å². The Morgan fingerprint density at radius 1 is 1.22 bits per heavy atom. The van der Waals surface area contributed by atoms with Crippen LogP contribution in [-0.2, 0) is 4.79 Å². The zero-order chi connectivity index (χ0) is 23.9. The second kappa shape index (κ2) is 10.5. The van der Waals surface area contributed by atoms with Gasteiger partial charge < -0.3 is 20.7 Å². The van der Waals surface area contributed by atoms with Gasteiger partial charge in [0, 0.05) is 36.0 Å². The van der Waals surface area contributed by atoms with Crippen molar-refractivity contribution in [2.45, 2.75) is 50.6 Å². The zero-order valence-corrected chi connectivity index (χ0v) is 22.0. The van der Waals surface area contributed by atoms with Gasteiger partial charge in [-0.1, -0.05) is 0 Å². The van der Waals surface area contributed by atoms with E-state index in [0.29, 0.717) is 17.9 Å². The molecule has 0 spiro atoms. The van der Waals surface area contributed by atoms with Crippen LogP contribution in [0.1, 0.15) is 45.1 Å². The monoisotopic (exact) mass is 531 g/mol. The van der Waals surface area contributed by atoms with Gasteiger partial charge in [0.1, 0.15) is 17.6 Å². The van der Waals surface area contributed by atoms with E-state index < -0.39 is 5.54 Å². The van der Waals surface area contributed by atoms with Gasteiger partial charge in [-0.2, -0.15) is 10.4 Å². The Morgan fingerprint density at radius 3 is 2.53 bits per heavy atom. The molecule has 11 heteroatoms. The van der Waals surface area contributed by atoms with Crippen LogP contribution in [0.4, 0.5) is 5.82 Å². The molecule has 5 rings (SSSR count). The van der Waals surface area contributed by atoms with Gasteiger partial charge in [-0.15, -0.1) is 24.8 Å². The van der Waals surface area contributed by atoms with Crippen LogP contribution in [0.25, 0.3) is 16.6 Å². The third-order valence-electron chi connectivity index (χ3n) is 6.92. The van der Waals surface area contributed by atoms with Gasteiger partial charge >= 0.3 is 0 Å². The quantitative estimate of drug-likeness (QED) is 0.499. The molecule has 1 saturated heterocycles. The third kappa shape index (κ3) is 5.21. The Balaban J connectivity index is 0.00000180. The van der Waals surface area contributed by atoms with Gasteiger partial charge in [0.25, 0.3) is 0 Å². The number of halogens is 2. The maximum atomic E-state index is 12.4. The van der Waals surface area contributed by atoms with Crippen LogP contribution in [0.2, 0.25) is 0 Å². The number of carbonyl (C=O) groups excluding carboxylic acids is 1. The summed E-state index contributed by atoms with van der Waals surface area (Å²) in [6.45, 7) is 6.16. The molecular weight excluding hydrogens is 501 g/mol. The van der Waals surface area contributed by atoms with Crippen LogP contribution in [0.5, 0.6) is 5.75 Å². The van der Waals surface area contributed by atoms with Crippen molar-refractivity contribution in [3.63, 3.8) is 0 Å². The second-order valence-electron chi connectivity index (χ2n) is 9.55. The molecule has 1 amide bonds. The number of nitrogens with two attached hydrogens (primary N) is 1. The Bertz CT molecular complexity index is 1270. The Kier molecular flexibility index (Phi) is 8.04. The summed E-state index contributed by atoms with van der Waals surface area (Å²) in [4.78, 5) is 19.4. The number of hydrogen-bond acceptors (Lipinski definition) is 7. The summed E-state index contributed by atoms with van der Waals surface area (Å²) in [6.07, 6.45) is 8.38. The van der Waals surface area contributed by atoms with Crippen molar-refractivity contribution in [3.8, 4) is 22.9 Å². The van der Waals surface area contributed by atoms with E-state index in [1.165, 1.54) is 0 Å². The number of anilines is 1. The number of aromatic nitrogens is 3. The van der Waals surface area contributed by atoms with Crippen molar-refractivity contribution >= 4 is 42.1 Å². The molecule has 9 nitrogen and oxygen atoms in total. The molecular formula is C25H31Cl2N7O2. The van der Waals surface area contributed by atoms with Crippen LogP contribution < -0.4 is 20.7 Å². The molecule has 3 N–H and O–H groups in total. The molecule has 3 aromatic rings. The highest BCUT2D eigenvalue weighted by Gasteiger charge is 2.48. The molecule has 0 unspecified atom stereocenters. The lowest BCUT2D eigenvalue weighted by Crippen LogP contribution is -2.57. The van der Waals surface area contributed by atoms with Crippen molar-refractivity contribution < 1.29 is 9.53 Å². The predicted molar refractivity (Wildman–Crippen MR) is 143 cm³/mol. The summed E-state index contributed by atoms with van der Waals surface area (Å²) < 4.78 is 7.38. The fourth-order valence-electron chi connectivity index (χ4n) is 4.49. The zero-order valence-electron chi connectivity index (χ0n) is 20.4. The maximum Gasteiger partial charge on any atom is 0.240 e. The number of piperidine rings is 1. The molecule has 4 heterocycles. The lowest BCUT2D eigenvalue weighted by molar-refractivity contribution is -0.125. The summed E-state index contributed by atoms with van der Waals surface area (Å²) in [7, 11) is 0. The van der Waals surface area contributed by atoms with Crippen LogP contribution >= 0.6 is 24.8 Å².